The maximum atomic E-state index is 14.7. The van der Waals surface area contributed by atoms with Crippen molar-refractivity contribution in [1.29, 1.82) is 0 Å². The van der Waals surface area contributed by atoms with Gasteiger partial charge in [-0.3, -0.25) is 9.59 Å². The molecule has 2 aliphatic rings. The van der Waals surface area contributed by atoms with E-state index in [1.165, 1.54) is 23.7 Å². The lowest BCUT2D eigenvalue weighted by atomic mass is 9.97. The van der Waals surface area contributed by atoms with Crippen LogP contribution in [0.1, 0.15) is 44.0 Å². The molecule has 158 valence electrons. The minimum atomic E-state index is -1.02. The smallest absolute Gasteiger partial charge is 0.324 e. The first-order valence-corrected chi connectivity index (χ1v) is 10.0. The van der Waals surface area contributed by atoms with Crippen molar-refractivity contribution in [3.05, 3.63) is 41.5 Å². The van der Waals surface area contributed by atoms with Crippen LogP contribution in [0.25, 0.3) is 5.69 Å². The molecule has 4 rings (SSSR count). The molecule has 1 aliphatic heterocycles. The van der Waals surface area contributed by atoms with E-state index in [0.29, 0.717) is 12.8 Å². The lowest BCUT2D eigenvalue weighted by Gasteiger charge is -2.23. The largest absolute Gasteiger partial charge is 0.325 e. The van der Waals surface area contributed by atoms with Crippen LogP contribution in [0.4, 0.5) is 14.9 Å². The Morgan fingerprint density at radius 1 is 1.23 bits per heavy atom. The summed E-state index contributed by atoms with van der Waals surface area (Å²) in [6.45, 7) is 5.14. The van der Waals surface area contributed by atoms with Crippen molar-refractivity contribution in [1.82, 2.24) is 20.0 Å². The lowest BCUT2D eigenvalue weighted by Crippen LogP contribution is -2.48. The summed E-state index contributed by atoms with van der Waals surface area (Å²) in [5.74, 6) is -1.47. The molecule has 4 amide bonds. The molecule has 0 radical (unpaired) electrons. The molecule has 2 aromatic rings. The van der Waals surface area contributed by atoms with E-state index >= 15 is 0 Å². The number of anilines is 1. The summed E-state index contributed by atoms with van der Waals surface area (Å²) >= 11 is 0. The van der Waals surface area contributed by atoms with Crippen LogP contribution in [-0.4, -0.2) is 44.1 Å². The first-order chi connectivity index (χ1) is 14.2. The van der Waals surface area contributed by atoms with Gasteiger partial charge in [0.05, 0.1) is 5.69 Å². The maximum Gasteiger partial charge on any atom is 0.325 e. The molecule has 1 atom stereocenters. The fourth-order valence-electron chi connectivity index (χ4n) is 4.30. The molecule has 1 aromatic carbocycles. The van der Waals surface area contributed by atoms with E-state index in [1.54, 1.807) is 6.07 Å². The van der Waals surface area contributed by atoms with Gasteiger partial charge in [0, 0.05) is 11.4 Å². The SMILES string of the molecule is Cc1cc(C)n(-c2ccc(NC(=O)C(C)N3C(=O)NC4(CCCC4)C3=O)cc2F)n1. The average Bonchev–Trinajstić information content (AvgIpc) is 3.34. The normalized spacial score (nSPS) is 18.7. The summed E-state index contributed by atoms with van der Waals surface area (Å²) in [6.07, 6.45) is 2.89. The quantitative estimate of drug-likeness (QED) is 0.754. The number of nitrogens with one attached hydrogen (secondary N) is 2. The Hall–Kier alpha value is -3.23. The van der Waals surface area contributed by atoms with Crippen LogP contribution >= 0.6 is 0 Å². The van der Waals surface area contributed by atoms with E-state index in [0.717, 1.165) is 29.1 Å². The number of hydrogen-bond acceptors (Lipinski definition) is 4. The third-order valence-corrected chi connectivity index (χ3v) is 5.87. The fourth-order valence-corrected chi connectivity index (χ4v) is 4.30. The van der Waals surface area contributed by atoms with Crippen molar-refractivity contribution in [3.8, 4) is 5.69 Å². The topological polar surface area (TPSA) is 96.3 Å². The zero-order chi connectivity index (χ0) is 21.6. The Bertz CT molecular complexity index is 1040. The highest BCUT2D eigenvalue weighted by Gasteiger charge is 2.54. The van der Waals surface area contributed by atoms with Gasteiger partial charge >= 0.3 is 6.03 Å². The molecule has 2 heterocycles. The van der Waals surface area contributed by atoms with Gasteiger partial charge in [0.2, 0.25) is 5.91 Å². The molecule has 1 spiro atoms. The molecule has 2 N–H and O–H groups in total. The Morgan fingerprint density at radius 3 is 2.53 bits per heavy atom. The minimum Gasteiger partial charge on any atom is -0.324 e. The third kappa shape index (κ3) is 3.24. The predicted molar refractivity (Wildman–Crippen MR) is 108 cm³/mol. The first kappa shape index (κ1) is 20.1. The van der Waals surface area contributed by atoms with E-state index in [2.05, 4.69) is 15.7 Å². The molecule has 1 saturated heterocycles. The molecule has 0 bridgehead atoms. The first-order valence-electron chi connectivity index (χ1n) is 10.0. The average molecular weight is 413 g/mol. The Kier molecular flexibility index (Phi) is 4.83. The number of hydrogen-bond donors (Lipinski definition) is 2. The van der Waals surface area contributed by atoms with E-state index in [4.69, 9.17) is 0 Å². The number of benzene rings is 1. The van der Waals surface area contributed by atoms with Gasteiger partial charge in [-0.25, -0.2) is 18.8 Å². The summed E-state index contributed by atoms with van der Waals surface area (Å²) in [5, 5.41) is 9.62. The van der Waals surface area contributed by atoms with Gasteiger partial charge in [-0.05, 0) is 57.9 Å². The van der Waals surface area contributed by atoms with Crippen LogP contribution in [0.15, 0.2) is 24.3 Å². The monoisotopic (exact) mass is 413 g/mol. The number of aryl methyl sites for hydroxylation is 2. The van der Waals surface area contributed by atoms with Crippen molar-refractivity contribution < 1.29 is 18.8 Å². The summed E-state index contributed by atoms with van der Waals surface area (Å²) in [7, 11) is 0. The van der Waals surface area contributed by atoms with Gasteiger partial charge < -0.3 is 10.6 Å². The van der Waals surface area contributed by atoms with Crippen molar-refractivity contribution in [2.24, 2.45) is 0 Å². The number of aromatic nitrogens is 2. The summed E-state index contributed by atoms with van der Waals surface area (Å²) in [6, 6.07) is 4.54. The minimum absolute atomic E-state index is 0.234. The molecule has 1 aromatic heterocycles. The number of imide groups is 1. The Balaban J connectivity index is 1.50. The number of nitrogens with zero attached hydrogens (tertiary/aromatic N) is 3. The number of rotatable bonds is 4. The molecule has 30 heavy (non-hydrogen) atoms. The van der Waals surface area contributed by atoms with Gasteiger partial charge in [0.1, 0.15) is 17.3 Å². The summed E-state index contributed by atoms with van der Waals surface area (Å²) < 4.78 is 16.2. The number of urea groups is 1. The van der Waals surface area contributed by atoms with Gasteiger partial charge in [0.15, 0.2) is 5.82 Å². The second kappa shape index (κ2) is 7.23. The molecule has 2 fully saturated rings. The molecule has 9 heteroatoms. The molecular formula is C21H24FN5O3. The van der Waals surface area contributed by atoms with Gasteiger partial charge in [-0.2, -0.15) is 5.10 Å². The second-order valence-electron chi connectivity index (χ2n) is 8.06. The van der Waals surface area contributed by atoms with Gasteiger partial charge in [-0.15, -0.1) is 0 Å². The predicted octanol–water partition coefficient (Wildman–Crippen LogP) is 2.82. The lowest BCUT2D eigenvalue weighted by molar-refractivity contribution is -0.136. The van der Waals surface area contributed by atoms with Crippen LogP contribution < -0.4 is 10.6 Å². The third-order valence-electron chi connectivity index (χ3n) is 5.87. The number of amides is 4. The molecule has 8 nitrogen and oxygen atoms in total. The van der Waals surface area contributed by atoms with Crippen LogP contribution in [-0.2, 0) is 9.59 Å². The van der Waals surface area contributed by atoms with Crippen molar-refractivity contribution in [2.75, 3.05) is 5.32 Å². The summed E-state index contributed by atoms with van der Waals surface area (Å²) in [5.41, 5.74) is 1.18. The molecule has 1 unspecified atom stereocenters. The van der Waals surface area contributed by atoms with E-state index in [1.807, 2.05) is 19.9 Å². The van der Waals surface area contributed by atoms with Crippen molar-refractivity contribution in [2.45, 2.75) is 58.0 Å². The Morgan fingerprint density at radius 2 is 1.93 bits per heavy atom. The van der Waals surface area contributed by atoms with Crippen molar-refractivity contribution >= 4 is 23.5 Å². The van der Waals surface area contributed by atoms with E-state index in [-0.39, 0.29) is 17.3 Å². The highest BCUT2D eigenvalue weighted by atomic mass is 19.1. The number of carbonyl (C=O) groups is 3. The molecule has 1 aliphatic carbocycles. The van der Waals surface area contributed by atoms with E-state index < -0.39 is 29.3 Å². The van der Waals surface area contributed by atoms with Gasteiger partial charge in [0.25, 0.3) is 5.91 Å². The van der Waals surface area contributed by atoms with Gasteiger partial charge in [-0.1, -0.05) is 12.8 Å². The van der Waals surface area contributed by atoms with Crippen LogP contribution in [0.3, 0.4) is 0 Å². The van der Waals surface area contributed by atoms with Crippen LogP contribution in [0, 0.1) is 19.7 Å². The number of halogens is 1. The highest BCUT2D eigenvalue weighted by molar-refractivity contribution is 6.11. The molecule has 1 saturated carbocycles. The zero-order valence-electron chi connectivity index (χ0n) is 17.2. The highest BCUT2D eigenvalue weighted by Crippen LogP contribution is 2.35. The molecular weight excluding hydrogens is 389 g/mol. The van der Waals surface area contributed by atoms with Crippen molar-refractivity contribution in [3.63, 3.8) is 0 Å². The van der Waals surface area contributed by atoms with Crippen LogP contribution in [0.2, 0.25) is 0 Å². The Labute approximate surface area is 173 Å². The van der Waals surface area contributed by atoms with Crippen LogP contribution in [0.5, 0.6) is 0 Å². The zero-order valence-corrected chi connectivity index (χ0v) is 17.2. The summed E-state index contributed by atoms with van der Waals surface area (Å²) in [4.78, 5) is 38.9. The number of carbonyl (C=O) groups excluding carboxylic acids is 3. The standard InChI is InChI=1S/C21H24FN5O3/c1-12-10-13(2)27(25-12)17-7-6-15(11-16(17)22)23-18(28)14(3)26-19(29)21(24-20(26)30)8-4-5-9-21/h6-7,10-11,14H,4-5,8-9H2,1-3H3,(H,23,28)(H,24,30). The fraction of sp³-hybridized carbons (Fsp3) is 0.429. The maximum absolute atomic E-state index is 14.7. The van der Waals surface area contributed by atoms with E-state index in [9.17, 15) is 18.8 Å². The second-order valence-corrected chi connectivity index (χ2v) is 8.06.